The van der Waals surface area contributed by atoms with E-state index < -0.39 is 47.6 Å². The van der Waals surface area contributed by atoms with Gasteiger partial charge in [-0.1, -0.05) is 12.1 Å². The van der Waals surface area contributed by atoms with Crippen molar-refractivity contribution in [3.05, 3.63) is 29.3 Å². The van der Waals surface area contributed by atoms with Crippen LogP contribution in [0.15, 0.2) is 18.2 Å². The molecule has 0 aliphatic heterocycles. The van der Waals surface area contributed by atoms with Gasteiger partial charge in [-0.25, -0.2) is 9.59 Å². The lowest BCUT2D eigenvalue weighted by molar-refractivity contribution is -0.139. The number of hydrogen-bond acceptors (Lipinski definition) is 4. The second kappa shape index (κ2) is 7.62. The third-order valence-electron chi connectivity index (χ3n) is 3.02. The third-order valence-corrected chi connectivity index (χ3v) is 3.02. The molecule has 0 spiro atoms. The minimum absolute atomic E-state index is 0.000726. The molecule has 9 heteroatoms. The highest BCUT2D eigenvalue weighted by atomic mass is 19.4. The molecule has 140 valence electrons. The number of methoxy groups -OCH3 is 1. The Balaban J connectivity index is 3.07. The molecular weight excluding hydrogens is 343 g/mol. The number of ether oxygens (including phenoxy) is 2. The molecule has 2 N–H and O–H groups in total. The standard InChI is InChI=1S/C16H20F3NO5/c1-15(2,3)25-14(23)20-11(13(21)22)8-9-6-5-7-10(12(9)24-4)16(17,18)19/h5-7,11H,8H2,1-4H3,(H,20,23)(H,21,22). The number of rotatable bonds is 5. The van der Waals surface area contributed by atoms with Crippen molar-refractivity contribution in [3.63, 3.8) is 0 Å². The SMILES string of the molecule is COc1c(CC(NC(=O)OC(C)(C)C)C(=O)O)cccc1C(F)(F)F. The number of aliphatic carboxylic acids is 1. The van der Waals surface area contributed by atoms with Crippen molar-refractivity contribution in [1.29, 1.82) is 0 Å². The number of carboxylic acids is 1. The van der Waals surface area contributed by atoms with Gasteiger partial charge in [-0.05, 0) is 32.4 Å². The second-order valence-corrected chi connectivity index (χ2v) is 6.24. The molecule has 1 atom stereocenters. The van der Waals surface area contributed by atoms with Gasteiger partial charge in [0.1, 0.15) is 17.4 Å². The first-order valence-electron chi connectivity index (χ1n) is 7.30. The van der Waals surface area contributed by atoms with Gasteiger partial charge in [0.2, 0.25) is 0 Å². The summed E-state index contributed by atoms with van der Waals surface area (Å²) >= 11 is 0. The maximum Gasteiger partial charge on any atom is 0.419 e. The number of amides is 1. The summed E-state index contributed by atoms with van der Waals surface area (Å²) in [5.74, 6) is -1.89. The van der Waals surface area contributed by atoms with Crippen molar-refractivity contribution in [2.24, 2.45) is 0 Å². The van der Waals surface area contributed by atoms with Crippen molar-refractivity contribution >= 4 is 12.1 Å². The Bertz CT molecular complexity index is 638. The molecule has 1 rings (SSSR count). The van der Waals surface area contributed by atoms with Gasteiger partial charge in [0, 0.05) is 6.42 Å². The van der Waals surface area contributed by atoms with Crippen LogP contribution in [0.3, 0.4) is 0 Å². The minimum atomic E-state index is -4.65. The van der Waals surface area contributed by atoms with E-state index in [9.17, 15) is 27.9 Å². The molecule has 0 saturated heterocycles. The first kappa shape index (κ1) is 20.6. The van der Waals surface area contributed by atoms with E-state index in [0.29, 0.717) is 0 Å². The number of halogens is 3. The summed E-state index contributed by atoms with van der Waals surface area (Å²) in [6.07, 6.45) is -6.04. The first-order valence-corrected chi connectivity index (χ1v) is 7.30. The van der Waals surface area contributed by atoms with Crippen molar-refractivity contribution in [2.75, 3.05) is 7.11 Å². The fourth-order valence-corrected chi connectivity index (χ4v) is 2.08. The normalized spacial score (nSPS) is 13.1. The zero-order valence-electron chi connectivity index (χ0n) is 14.2. The van der Waals surface area contributed by atoms with Gasteiger partial charge in [-0.3, -0.25) is 0 Å². The van der Waals surface area contributed by atoms with Crippen LogP contribution >= 0.6 is 0 Å². The molecule has 0 heterocycles. The number of alkyl carbamates (subject to hydrolysis) is 1. The van der Waals surface area contributed by atoms with E-state index in [4.69, 9.17) is 9.47 Å². The van der Waals surface area contributed by atoms with Gasteiger partial charge in [0.15, 0.2) is 0 Å². The van der Waals surface area contributed by atoms with Crippen LogP contribution in [0, 0.1) is 0 Å². The van der Waals surface area contributed by atoms with E-state index in [1.165, 1.54) is 6.07 Å². The lowest BCUT2D eigenvalue weighted by Gasteiger charge is -2.23. The van der Waals surface area contributed by atoms with E-state index in [2.05, 4.69) is 5.32 Å². The second-order valence-electron chi connectivity index (χ2n) is 6.24. The number of nitrogens with one attached hydrogen (secondary N) is 1. The smallest absolute Gasteiger partial charge is 0.419 e. The zero-order chi connectivity index (χ0) is 19.4. The summed E-state index contributed by atoms with van der Waals surface area (Å²) in [6, 6.07) is 1.81. The number of carbonyl (C=O) groups is 2. The summed E-state index contributed by atoms with van der Waals surface area (Å²) in [6.45, 7) is 4.79. The lowest BCUT2D eigenvalue weighted by atomic mass is 10.0. The van der Waals surface area contributed by atoms with Crippen LogP contribution in [0.4, 0.5) is 18.0 Å². The van der Waals surface area contributed by atoms with Gasteiger partial charge in [-0.2, -0.15) is 13.2 Å². The maximum absolute atomic E-state index is 13.0. The maximum atomic E-state index is 13.0. The van der Waals surface area contributed by atoms with Gasteiger partial charge < -0.3 is 19.9 Å². The predicted octanol–water partition coefficient (Wildman–Crippen LogP) is 3.23. The largest absolute Gasteiger partial charge is 0.496 e. The van der Waals surface area contributed by atoms with Crippen LogP contribution in [0.25, 0.3) is 0 Å². The van der Waals surface area contributed by atoms with Gasteiger partial charge in [0.05, 0.1) is 12.7 Å². The average molecular weight is 363 g/mol. The van der Waals surface area contributed by atoms with Crippen molar-refractivity contribution in [3.8, 4) is 5.75 Å². The summed E-state index contributed by atoms with van der Waals surface area (Å²) in [5, 5.41) is 11.4. The quantitative estimate of drug-likeness (QED) is 0.839. The van der Waals surface area contributed by atoms with E-state index in [0.717, 1.165) is 19.2 Å². The fourth-order valence-electron chi connectivity index (χ4n) is 2.08. The summed E-state index contributed by atoms with van der Waals surface area (Å²) < 4.78 is 48.8. The lowest BCUT2D eigenvalue weighted by Crippen LogP contribution is -2.44. The number of hydrogen-bond donors (Lipinski definition) is 2. The average Bonchev–Trinajstić information content (AvgIpc) is 2.43. The highest BCUT2D eigenvalue weighted by Crippen LogP contribution is 2.38. The molecule has 0 fully saturated rings. The van der Waals surface area contributed by atoms with Crippen molar-refractivity contribution < 1.29 is 37.3 Å². The van der Waals surface area contributed by atoms with Crippen LogP contribution in [0.2, 0.25) is 0 Å². The van der Waals surface area contributed by atoms with Crippen LogP contribution in [0.1, 0.15) is 31.9 Å². The van der Waals surface area contributed by atoms with E-state index in [-0.39, 0.29) is 5.56 Å². The predicted molar refractivity (Wildman–Crippen MR) is 82.5 cm³/mol. The van der Waals surface area contributed by atoms with Gasteiger partial charge in [-0.15, -0.1) is 0 Å². The topological polar surface area (TPSA) is 84.9 Å². The number of carboxylic acid groups (broad SMARTS) is 1. The van der Waals surface area contributed by atoms with Crippen molar-refractivity contribution in [2.45, 2.75) is 45.0 Å². The van der Waals surface area contributed by atoms with Crippen LogP contribution in [0.5, 0.6) is 5.75 Å². The minimum Gasteiger partial charge on any atom is -0.496 e. The molecule has 25 heavy (non-hydrogen) atoms. The Kier molecular flexibility index (Phi) is 6.28. The molecule has 0 aliphatic carbocycles. The Hall–Kier alpha value is -2.45. The molecule has 0 radical (unpaired) electrons. The Morgan fingerprint density at radius 1 is 1.24 bits per heavy atom. The van der Waals surface area contributed by atoms with Gasteiger partial charge in [0.25, 0.3) is 0 Å². The Morgan fingerprint density at radius 2 is 1.84 bits per heavy atom. The molecule has 1 aromatic carbocycles. The number of carbonyl (C=O) groups excluding carboxylic acids is 1. The molecule has 1 amide bonds. The van der Waals surface area contributed by atoms with Gasteiger partial charge >= 0.3 is 18.2 Å². The summed E-state index contributed by atoms with van der Waals surface area (Å²) in [7, 11) is 1.06. The fraction of sp³-hybridized carbons (Fsp3) is 0.500. The molecule has 1 aromatic rings. The van der Waals surface area contributed by atoms with Crippen molar-refractivity contribution in [1.82, 2.24) is 5.32 Å². The van der Waals surface area contributed by atoms with E-state index in [1.807, 2.05) is 0 Å². The molecule has 1 unspecified atom stereocenters. The molecule has 0 bridgehead atoms. The monoisotopic (exact) mass is 363 g/mol. The summed E-state index contributed by atoms with van der Waals surface area (Å²) in [4.78, 5) is 23.1. The Morgan fingerprint density at radius 3 is 2.28 bits per heavy atom. The summed E-state index contributed by atoms with van der Waals surface area (Å²) in [5.41, 5.74) is -1.87. The zero-order valence-corrected chi connectivity index (χ0v) is 14.2. The van der Waals surface area contributed by atoms with Crippen LogP contribution in [-0.4, -0.2) is 35.9 Å². The first-order chi connectivity index (χ1) is 11.3. The highest BCUT2D eigenvalue weighted by Gasteiger charge is 2.36. The molecule has 6 nitrogen and oxygen atoms in total. The molecular formula is C16H20F3NO5. The van der Waals surface area contributed by atoms with E-state index >= 15 is 0 Å². The molecule has 0 aliphatic rings. The number of alkyl halides is 3. The molecule has 0 saturated carbocycles. The molecule has 0 aromatic heterocycles. The highest BCUT2D eigenvalue weighted by molar-refractivity contribution is 5.80. The van der Waals surface area contributed by atoms with Crippen LogP contribution in [-0.2, 0) is 22.1 Å². The third kappa shape index (κ3) is 6.17. The number of para-hydroxylation sites is 1. The Labute approximate surface area is 142 Å². The van der Waals surface area contributed by atoms with E-state index in [1.54, 1.807) is 20.8 Å². The van der Waals surface area contributed by atoms with Crippen LogP contribution < -0.4 is 10.1 Å². The number of benzene rings is 1.